The number of fused-ring (bicyclic) bond motifs is 1. The molecule has 1 aliphatic rings. The van der Waals surface area contributed by atoms with Crippen LogP contribution in [-0.4, -0.2) is 31.2 Å². The predicted octanol–water partition coefficient (Wildman–Crippen LogP) is 2.31. The third kappa shape index (κ3) is 2.13. The van der Waals surface area contributed by atoms with Crippen LogP contribution in [0.5, 0.6) is 0 Å². The third-order valence-electron chi connectivity index (χ3n) is 2.64. The van der Waals surface area contributed by atoms with Crippen LogP contribution in [0.1, 0.15) is 20.7 Å². The molecule has 0 radical (unpaired) electrons. The first-order valence-electron chi connectivity index (χ1n) is 5.45. The van der Waals surface area contributed by atoms with Crippen LogP contribution in [0.4, 0.5) is 5.69 Å². The third-order valence-corrected chi connectivity index (χ3v) is 3.67. The van der Waals surface area contributed by atoms with Crippen molar-refractivity contribution >= 4 is 29.4 Å². The van der Waals surface area contributed by atoms with Crippen molar-refractivity contribution in [3.05, 3.63) is 42.0 Å². The van der Waals surface area contributed by atoms with E-state index in [1.807, 2.05) is 4.31 Å². The molecule has 0 atom stereocenters. The molecular weight excluding hydrogens is 250 g/mol. The van der Waals surface area contributed by atoms with E-state index < -0.39 is 5.97 Å². The molecule has 0 aromatic heterocycles. The number of Topliss-reactive ketones (excluding diaryl/α,β-unsaturated/α-hetero) is 1. The fraction of sp³-hybridized carbons (Fsp3) is 0.231. The van der Waals surface area contributed by atoms with Gasteiger partial charge in [-0.1, -0.05) is 12.1 Å². The summed E-state index contributed by atoms with van der Waals surface area (Å²) < 4.78 is 6.65. The fourth-order valence-electron chi connectivity index (χ4n) is 1.85. The fourth-order valence-corrected chi connectivity index (χ4v) is 2.82. The van der Waals surface area contributed by atoms with Crippen LogP contribution in [0.3, 0.4) is 0 Å². The van der Waals surface area contributed by atoms with Gasteiger partial charge in [0.2, 0.25) is 0 Å². The lowest BCUT2D eigenvalue weighted by Crippen LogP contribution is -2.27. The summed E-state index contributed by atoms with van der Waals surface area (Å²) in [4.78, 5) is 23.6. The quantitative estimate of drug-likeness (QED) is 0.476. The molecule has 1 aromatic carbocycles. The van der Waals surface area contributed by atoms with Crippen molar-refractivity contribution in [2.75, 3.05) is 23.7 Å². The van der Waals surface area contributed by atoms with Crippen LogP contribution in [0, 0.1) is 0 Å². The summed E-state index contributed by atoms with van der Waals surface area (Å²) >= 11 is 1.39. The van der Waals surface area contributed by atoms with Gasteiger partial charge in [0.05, 0.1) is 24.1 Å². The Morgan fingerprint density at radius 3 is 3.06 bits per heavy atom. The molecule has 5 heteroatoms. The summed E-state index contributed by atoms with van der Waals surface area (Å²) in [5, 5.41) is 0. The smallest absolute Gasteiger partial charge is 0.340 e. The van der Waals surface area contributed by atoms with Crippen LogP contribution >= 0.6 is 11.9 Å². The molecular formula is C13H13NO3S. The van der Waals surface area contributed by atoms with Crippen molar-refractivity contribution in [3.8, 4) is 0 Å². The zero-order chi connectivity index (χ0) is 13.1. The highest BCUT2D eigenvalue weighted by molar-refractivity contribution is 8.01. The minimum absolute atomic E-state index is 0.0288. The Balaban J connectivity index is 2.57. The molecule has 0 spiro atoms. The zero-order valence-corrected chi connectivity index (χ0v) is 10.8. The molecule has 94 valence electrons. The van der Waals surface area contributed by atoms with E-state index in [2.05, 4.69) is 6.58 Å². The SMILES string of the molecule is C=CCN1SCC(=O)c2cccc(C(=O)OC)c21. The molecule has 18 heavy (non-hydrogen) atoms. The number of esters is 1. The average molecular weight is 263 g/mol. The zero-order valence-electron chi connectivity index (χ0n) is 10.0. The lowest BCUT2D eigenvalue weighted by molar-refractivity contribution is 0.0601. The molecule has 4 nitrogen and oxygen atoms in total. The Morgan fingerprint density at radius 2 is 2.39 bits per heavy atom. The predicted molar refractivity (Wildman–Crippen MR) is 72.1 cm³/mol. The number of para-hydroxylation sites is 1. The Hall–Kier alpha value is -1.75. The van der Waals surface area contributed by atoms with E-state index in [9.17, 15) is 9.59 Å². The van der Waals surface area contributed by atoms with Gasteiger partial charge in [0.15, 0.2) is 5.78 Å². The standard InChI is InChI=1S/C13H13NO3S/c1-3-7-14-12-9(11(15)8-18-14)5-4-6-10(12)13(16)17-2/h3-6H,1,7-8H2,2H3. The van der Waals surface area contributed by atoms with Gasteiger partial charge in [0, 0.05) is 12.1 Å². The molecule has 0 saturated carbocycles. The van der Waals surface area contributed by atoms with Gasteiger partial charge in [-0.05, 0) is 24.1 Å². The molecule has 1 heterocycles. The summed E-state index contributed by atoms with van der Waals surface area (Å²) in [5.41, 5.74) is 1.61. The summed E-state index contributed by atoms with van der Waals surface area (Å²) in [5.74, 6) is -0.0249. The number of carbonyl (C=O) groups is 2. The first kappa shape index (κ1) is 12.7. The maximum Gasteiger partial charge on any atom is 0.340 e. The van der Waals surface area contributed by atoms with E-state index in [1.165, 1.54) is 19.1 Å². The Kier molecular flexibility index (Phi) is 3.72. The number of ketones is 1. The van der Waals surface area contributed by atoms with Crippen LogP contribution in [0.15, 0.2) is 30.9 Å². The first-order valence-corrected chi connectivity index (χ1v) is 6.39. The number of benzene rings is 1. The van der Waals surface area contributed by atoms with E-state index in [1.54, 1.807) is 24.3 Å². The molecule has 0 fully saturated rings. The molecule has 0 saturated heterocycles. The average Bonchev–Trinajstić information content (AvgIpc) is 2.41. The number of methoxy groups -OCH3 is 1. The van der Waals surface area contributed by atoms with E-state index >= 15 is 0 Å². The number of anilines is 1. The summed E-state index contributed by atoms with van der Waals surface area (Å²) in [7, 11) is 1.33. The van der Waals surface area contributed by atoms with Crippen molar-refractivity contribution in [1.29, 1.82) is 0 Å². The van der Waals surface area contributed by atoms with Gasteiger partial charge in [-0.25, -0.2) is 4.79 Å². The van der Waals surface area contributed by atoms with Gasteiger partial charge in [-0.3, -0.25) is 4.79 Å². The lowest BCUT2D eigenvalue weighted by Gasteiger charge is -2.29. The highest BCUT2D eigenvalue weighted by atomic mass is 32.2. The molecule has 1 aromatic rings. The minimum Gasteiger partial charge on any atom is -0.465 e. The maximum atomic E-state index is 11.9. The normalized spacial score (nSPS) is 14.1. The highest BCUT2D eigenvalue weighted by Gasteiger charge is 2.28. The van der Waals surface area contributed by atoms with Crippen LogP contribution in [0.25, 0.3) is 0 Å². The van der Waals surface area contributed by atoms with Crippen molar-refractivity contribution in [2.45, 2.75) is 0 Å². The van der Waals surface area contributed by atoms with E-state index in [-0.39, 0.29) is 5.78 Å². The Bertz CT molecular complexity index is 513. The summed E-state index contributed by atoms with van der Waals surface area (Å²) in [6.07, 6.45) is 1.74. The largest absolute Gasteiger partial charge is 0.465 e. The van der Waals surface area contributed by atoms with Crippen molar-refractivity contribution in [3.63, 3.8) is 0 Å². The molecule has 0 N–H and O–H groups in total. The van der Waals surface area contributed by atoms with E-state index in [0.717, 1.165) is 0 Å². The molecule has 0 unspecified atom stereocenters. The summed E-state index contributed by atoms with van der Waals surface area (Å²) in [6, 6.07) is 5.10. The van der Waals surface area contributed by atoms with Gasteiger partial charge >= 0.3 is 5.97 Å². The van der Waals surface area contributed by atoms with Crippen molar-refractivity contribution in [1.82, 2.24) is 0 Å². The summed E-state index contributed by atoms with van der Waals surface area (Å²) in [6.45, 7) is 4.25. The molecule has 2 rings (SSSR count). The number of hydrogen-bond acceptors (Lipinski definition) is 5. The number of carbonyl (C=O) groups excluding carboxylic acids is 2. The topological polar surface area (TPSA) is 46.6 Å². The maximum absolute atomic E-state index is 11.9. The lowest BCUT2D eigenvalue weighted by atomic mass is 10.0. The number of rotatable bonds is 3. The molecule has 1 aliphatic heterocycles. The Labute approximate surface area is 110 Å². The van der Waals surface area contributed by atoms with Crippen molar-refractivity contribution < 1.29 is 14.3 Å². The molecule has 0 aliphatic carbocycles. The number of nitrogens with zero attached hydrogens (tertiary/aromatic N) is 1. The second kappa shape index (κ2) is 5.27. The van der Waals surface area contributed by atoms with Crippen LogP contribution in [-0.2, 0) is 4.74 Å². The molecule has 0 amide bonds. The van der Waals surface area contributed by atoms with Gasteiger partial charge in [0.25, 0.3) is 0 Å². The monoisotopic (exact) mass is 263 g/mol. The Morgan fingerprint density at radius 1 is 1.61 bits per heavy atom. The van der Waals surface area contributed by atoms with Gasteiger partial charge in [-0.2, -0.15) is 0 Å². The number of hydrogen-bond donors (Lipinski definition) is 0. The van der Waals surface area contributed by atoms with Crippen LogP contribution in [0.2, 0.25) is 0 Å². The van der Waals surface area contributed by atoms with Gasteiger partial charge in [-0.15, -0.1) is 6.58 Å². The van der Waals surface area contributed by atoms with Crippen LogP contribution < -0.4 is 4.31 Å². The van der Waals surface area contributed by atoms with Gasteiger partial charge < -0.3 is 9.04 Å². The minimum atomic E-state index is -0.434. The second-order valence-electron chi connectivity index (χ2n) is 3.74. The van der Waals surface area contributed by atoms with Crippen molar-refractivity contribution in [2.24, 2.45) is 0 Å². The van der Waals surface area contributed by atoms with E-state index in [0.29, 0.717) is 29.1 Å². The highest BCUT2D eigenvalue weighted by Crippen LogP contribution is 2.36. The van der Waals surface area contributed by atoms with Gasteiger partial charge in [0.1, 0.15) is 0 Å². The first-order chi connectivity index (χ1) is 8.69. The molecule has 0 bridgehead atoms. The van der Waals surface area contributed by atoms with E-state index in [4.69, 9.17) is 4.74 Å². The second-order valence-corrected chi connectivity index (χ2v) is 4.73. The number of ether oxygens (including phenoxy) is 1.